The van der Waals surface area contributed by atoms with Gasteiger partial charge in [0, 0.05) is 36.1 Å². The molecule has 1 saturated carbocycles. The Morgan fingerprint density at radius 1 is 1.16 bits per heavy atom. The molecular formula is C30H30FN6O6P-2. The number of amides is 2. The molecule has 12 nitrogen and oxygen atoms in total. The first kappa shape index (κ1) is 29.9. The highest BCUT2D eigenvalue weighted by atomic mass is 31.2. The standard InChI is InChI=1S/C30H32FN6O6P/c1-17-25(18(2)37(35-17)16-43-44(40,41)42)19-5-8-22(9-6-19)33-29(39)27(34-28(38)24-10-13-32-36(24)3)26-23-14-21(31)7-4-20(23)15-30(26)11-12-30/h4-10,13-14,26-27H,11-12,15-16H2,1-3H3,(H,33,39)(H,34,38)(H2,40,41,42)/p-2/t26?,27-/m0/s1. The number of phosphoric ester groups is 1. The molecule has 6 rings (SSSR count). The zero-order chi connectivity index (χ0) is 31.4. The van der Waals surface area contributed by atoms with Gasteiger partial charge in [0.2, 0.25) is 5.91 Å². The lowest BCUT2D eigenvalue weighted by Gasteiger charge is -2.29. The minimum Gasteiger partial charge on any atom is -0.790 e. The second-order valence-electron chi connectivity index (χ2n) is 11.5. The predicted octanol–water partition coefficient (Wildman–Crippen LogP) is 2.70. The van der Waals surface area contributed by atoms with E-state index in [1.54, 1.807) is 57.3 Å². The van der Waals surface area contributed by atoms with E-state index in [9.17, 15) is 28.3 Å². The summed E-state index contributed by atoms with van der Waals surface area (Å²) in [6, 6.07) is 12.2. The van der Waals surface area contributed by atoms with Crippen LogP contribution in [0.2, 0.25) is 0 Å². The molecule has 0 aliphatic heterocycles. The van der Waals surface area contributed by atoms with Crippen LogP contribution in [0.3, 0.4) is 0 Å². The molecule has 2 aromatic heterocycles. The highest BCUT2D eigenvalue weighted by molar-refractivity contribution is 7.43. The van der Waals surface area contributed by atoms with Gasteiger partial charge in [0.15, 0.2) is 0 Å². The van der Waals surface area contributed by atoms with Gasteiger partial charge in [0.1, 0.15) is 24.3 Å². The fourth-order valence-electron chi connectivity index (χ4n) is 6.43. The van der Waals surface area contributed by atoms with E-state index >= 15 is 0 Å². The number of hydrogen-bond donors (Lipinski definition) is 2. The summed E-state index contributed by atoms with van der Waals surface area (Å²) in [5, 5.41) is 14.2. The van der Waals surface area contributed by atoms with Crippen molar-refractivity contribution in [3.05, 3.63) is 88.8 Å². The Kier molecular flexibility index (Phi) is 7.53. The maximum Gasteiger partial charge on any atom is 0.270 e. The summed E-state index contributed by atoms with van der Waals surface area (Å²) in [4.78, 5) is 49.1. The molecule has 2 aliphatic rings. The largest absolute Gasteiger partial charge is 0.790 e. The van der Waals surface area contributed by atoms with Gasteiger partial charge >= 0.3 is 0 Å². The number of nitrogens with one attached hydrogen (secondary N) is 2. The van der Waals surface area contributed by atoms with Crippen molar-refractivity contribution in [2.24, 2.45) is 12.5 Å². The first-order chi connectivity index (χ1) is 20.8. The lowest BCUT2D eigenvalue weighted by molar-refractivity contribution is -0.344. The third-order valence-electron chi connectivity index (χ3n) is 8.65. The van der Waals surface area contributed by atoms with Gasteiger partial charge in [-0.05, 0) is 85.5 Å². The quantitative estimate of drug-likeness (QED) is 0.270. The summed E-state index contributed by atoms with van der Waals surface area (Å²) in [6.45, 7) is 2.93. The minimum absolute atomic E-state index is 0.230. The summed E-state index contributed by atoms with van der Waals surface area (Å²) in [6.07, 6.45) is 3.95. The van der Waals surface area contributed by atoms with Crippen molar-refractivity contribution >= 4 is 25.3 Å². The molecular weight excluding hydrogens is 590 g/mol. The molecule has 14 heteroatoms. The van der Waals surface area contributed by atoms with Gasteiger partial charge in [-0.2, -0.15) is 10.2 Å². The monoisotopic (exact) mass is 620 g/mol. The van der Waals surface area contributed by atoms with Gasteiger partial charge in [-0.1, -0.05) is 18.2 Å². The molecule has 1 unspecified atom stereocenters. The van der Waals surface area contributed by atoms with Crippen molar-refractivity contribution in [1.82, 2.24) is 24.9 Å². The van der Waals surface area contributed by atoms with Crippen LogP contribution in [0.15, 0.2) is 54.7 Å². The van der Waals surface area contributed by atoms with Gasteiger partial charge in [-0.3, -0.25) is 14.3 Å². The Labute approximate surface area is 252 Å². The molecule has 2 N–H and O–H groups in total. The fourth-order valence-corrected chi connectivity index (χ4v) is 6.69. The number of benzene rings is 2. The second-order valence-corrected chi connectivity index (χ2v) is 12.6. The van der Waals surface area contributed by atoms with Crippen LogP contribution < -0.4 is 20.4 Å². The maximum atomic E-state index is 14.4. The number of nitrogens with zero attached hydrogens (tertiary/aromatic N) is 4. The van der Waals surface area contributed by atoms with Gasteiger partial charge in [0.25, 0.3) is 5.91 Å². The average Bonchev–Trinajstić information content (AvgIpc) is 3.33. The number of aryl methyl sites for hydroxylation is 2. The van der Waals surface area contributed by atoms with Crippen LogP contribution in [-0.2, 0) is 34.1 Å². The first-order valence-electron chi connectivity index (χ1n) is 14.0. The number of fused-ring (bicyclic) bond motifs is 1. The topological polar surface area (TPSA) is 166 Å². The summed E-state index contributed by atoms with van der Waals surface area (Å²) in [5.74, 6) is -1.70. The Hall–Kier alpha value is -4.16. The average molecular weight is 621 g/mol. The number of aromatic nitrogens is 4. The minimum atomic E-state index is -5.17. The molecule has 2 aliphatic carbocycles. The Morgan fingerprint density at radius 2 is 1.89 bits per heavy atom. The highest BCUT2D eigenvalue weighted by Gasteiger charge is 2.58. The predicted molar refractivity (Wildman–Crippen MR) is 153 cm³/mol. The molecule has 4 aromatic rings. The Morgan fingerprint density at radius 3 is 2.52 bits per heavy atom. The zero-order valence-corrected chi connectivity index (χ0v) is 25.1. The van der Waals surface area contributed by atoms with Crippen LogP contribution in [-0.4, -0.2) is 37.4 Å². The third-order valence-corrected chi connectivity index (χ3v) is 9.09. The zero-order valence-electron chi connectivity index (χ0n) is 24.2. The number of rotatable bonds is 9. The van der Waals surface area contributed by atoms with E-state index in [1.165, 1.54) is 27.7 Å². The van der Waals surface area contributed by atoms with Crippen LogP contribution >= 0.6 is 7.82 Å². The normalized spacial score (nSPS) is 17.4. The number of hydrogen-bond acceptors (Lipinski definition) is 8. The summed E-state index contributed by atoms with van der Waals surface area (Å²) in [5.41, 5.74) is 4.91. The number of anilines is 1. The van der Waals surface area contributed by atoms with Crippen LogP contribution in [0.25, 0.3) is 11.1 Å². The van der Waals surface area contributed by atoms with Crippen LogP contribution in [0.4, 0.5) is 10.1 Å². The molecule has 0 bridgehead atoms. The summed E-state index contributed by atoms with van der Waals surface area (Å²) >= 11 is 0. The van der Waals surface area contributed by atoms with Crippen LogP contribution in [0.5, 0.6) is 0 Å². The van der Waals surface area contributed by atoms with E-state index < -0.39 is 44.1 Å². The van der Waals surface area contributed by atoms with E-state index in [1.807, 2.05) is 0 Å². The molecule has 44 heavy (non-hydrogen) atoms. The first-order valence-corrected chi connectivity index (χ1v) is 15.5. The maximum absolute atomic E-state index is 14.4. The van der Waals surface area contributed by atoms with Crippen molar-refractivity contribution in [1.29, 1.82) is 0 Å². The Balaban J connectivity index is 1.27. The van der Waals surface area contributed by atoms with Crippen molar-refractivity contribution in [2.45, 2.75) is 51.8 Å². The summed E-state index contributed by atoms with van der Waals surface area (Å²) < 4.78 is 32.4. The molecule has 2 aromatic carbocycles. The number of halogens is 1. The van der Waals surface area contributed by atoms with E-state index in [0.717, 1.165) is 35.1 Å². The molecule has 0 saturated heterocycles. The molecule has 1 spiro atoms. The lowest BCUT2D eigenvalue weighted by Crippen LogP contribution is -2.49. The number of carbonyl (C=O) groups excluding carboxylic acids is 2. The SMILES string of the molecule is Cc1nn(COP(=O)([O-])[O-])c(C)c1-c1ccc(NC(=O)[C@@H](NC(=O)c2ccnn2C)C2c3cc(F)ccc3CC23CC3)cc1. The smallest absolute Gasteiger partial charge is 0.270 e. The Bertz CT molecular complexity index is 1810. The second kappa shape index (κ2) is 11.1. The third kappa shape index (κ3) is 5.71. The van der Waals surface area contributed by atoms with E-state index in [0.29, 0.717) is 29.2 Å². The van der Waals surface area contributed by atoms with Crippen LogP contribution in [0, 0.1) is 25.1 Å². The van der Waals surface area contributed by atoms with Gasteiger partial charge in [-0.25, -0.2) is 9.07 Å². The van der Waals surface area contributed by atoms with Gasteiger partial charge in [0.05, 0.1) is 13.5 Å². The molecule has 2 atom stereocenters. The number of carbonyl (C=O) groups is 2. The van der Waals surface area contributed by atoms with Crippen molar-refractivity contribution in [3.8, 4) is 11.1 Å². The van der Waals surface area contributed by atoms with E-state index in [4.69, 9.17) is 0 Å². The van der Waals surface area contributed by atoms with Gasteiger partial charge < -0.3 is 29.5 Å². The van der Waals surface area contributed by atoms with Crippen molar-refractivity contribution < 1.29 is 32.9 Å². The van der Waals surface area contributed by atoms with Crippen molar-refractivity contribution in [2.75, 3.05) is 5.32 Å². The van der Waals surface area contributed by atoms with Gasteiger partial charge in [-0.15, -0.1) is 0 Å². The fraction of sp³-hybridized carbons (Fsp3) is 0.333. The molecule has 2 heterocycles. The summed E-state index contributed by atoms with van der Waals surface area (Å²) in [7, 11) is -3.53. The van der Waals surface area contributed by atoms with Crippen molar-refractivity contribution in [3.63, 3.8) is 0 Å². The molecule has 2 amide bonds. The number of phosphoric acid groups is 1. The molecule has 230 valence electrons. The highest BCUT2D eigenvalue weighted by Crippen LogP contribution is 2.64. The molecule has 1 fully saturated rings. The van der Waals surface area contributed by atoms with Crippen LogP contribution in [0.1, 0.15) is 51.8 Å². The lowest BCUT2D eigenvalue weighted by atomic mass is 9.82. The van der Waals surface area contributed by atoms with E-state index in [2.05, 4.69) is 25.4 Å². The van der Waals surface area contributed by atoms with E-state index in [-0.39, 0.29) is 5.41 Å². The molecule has 0 radical (unpaired) electrons.